The molecule has 4 aromatic rings. The number of aromatic nitrogens is 4. The first kappa shape index (κ1) is 21.6. The molecule has 1 aromatic carbocycles. The number of pyridine rings is 2. The van der Waals surface area contributed by atoms with Crippen LogP contribution < -0.4 is 15.1 Å². The van der Waals surface area contributed by atoms with E-state index in [1.165, 1.54) is 12.8 Å². The van der Waals surface area contributed by atoms with Gasteiger partial charge in [0.2, 0.25) is 0 Å². The summed E-state index contributed by atoms with van der Waals surface area (Å²) in [6, 6.07) is 12.6. The maximum atomic E-state index is 5.49. The van der Waals surface area contributed by atoms with Crippen molar-refractivity contribution in [3.05, 3.63) is 67.3 Å². The standard InChI is InChI=1S/C27H29N7O/c1-19(30-22-5-7-26(29-17-22)34-8-2-3-9-34)27-24-15-20(4-6-25(24)31-32-27)21-14-23(18-28-16-21)33-10-12-35-13-11-33/h4-7,14-18,30H,1-3,8-13H2,(H,31,32). The van der Waals surface area contributed by atoms with E-state index in [9.17, 15) is 0 Å². The van der Waals surface area contributed by atoms with Crippen molar-refractivity contribution in [2.75, 3.05) is 54.5 Å². The number of anilines is 3. The van der Waals surface area contributed by atoms with Crippen molar-refractivity contribution < 1.29 is 4.74 Å². The minimum absolute atomic E-state index is 0.726. The second kappa shape index (κ2) is 9.38. The number of nitrogens with zero attached hydrogens (tertiary/aromatic N) is 5. The Kier molecular flexibility index (Phi) is 5.79. The summed E-state index contributed by atoms with van der Waals surface area (Å²) in [4.78, 5) is 13.8. The molecule has 2 fully saturated rings. The number of hydrogen-bond donors (Lipinski definition) is 2. The van der Waals surface area contributed by atoms with E-state index >= 15 is 0 Å². The smallest absolute Gasteiger partial charge is 0.128 e. The van der Waals surface area contributed by atoms with Crippen LogP contribution in [0.5, 0.6) is 0 Å². The lowest BCUT2D eigenvalue weighted by Crippen LogP contribution is -2.36. The number of rotatable bonds is 6. The number of fused-ring (bicyclic) bond motifs is 1. The lowest BCUT2D eigenvalue weighted by atomic mass is 10.0. The summed E-state index contributed by atoms with van der Waals surface area (Å²) in [5.74, 6) is 1.03. The van der Waals surface area contributed by atoms with E-state index in [0.717, 1.165) is 90.0 Å². The zero-order valence-electron chi connectivity index (χ0n) is 19.7. The van der Waals surface area contributed by atoms with Crippen molar-refractivity contribution in [2.24, 2.45) is 0 Å². The fourth-order valence-electron chi connectivity index (χ4n) is 4.83. The number of ether oxygens (including phenoxy) is 1. The fourth-order valence-corrected chi connectivity index (χ4v) is 4.83. The molecule has 0 radical (unpaired) electrons. The molecule has 8 heteroatoms. The highest BCUT2D eigenvalue weighted by Gasteiger charge is 2.16. The summed E-state index contributed by atoms with van der Waals surface area (Å²) < 4.78 is 5.49. The van der Waals surface area contributed by atoms with E-state index in [1.807, 2.05) is 18.6 Å². The molecular formula is C27H29N7O. The maximum absolute atomic E-state index is 5.49. The Hall–Kier alpha value is -3.91. The van der Waals surface area contributed by atoms with Crippen molar-refractivity contribution in [1.82, 2.24) is 20.2 Å². The van der Waals surface area contributed by atoms with Crippen LogP contribution in [-0.4, -0.2) is 59.6 Å². The van der Waals surface area contributed by atoms with Crippen molar-refractivity contribution in [2.45, 2.75) is 12.8 Å². The van der Waals surface area contributed by atoms with Crippen LogP contribution >= 0.6 is 0 Å². The molecule has 0 spiro atoms. The first-order valence-corrected chi connectivity index (χ1v) is 12.2. The zero-order valence-corrected chi connectivity index (χ0v) is 19.7. The largest absolute Gasteiger partial charge is 0.378 e. The van der Waals surface area contributed by atoms with Crippen molar-refractivity contribution in [3.8, 4) is 11.1 Å². The van der Waals surface area contributed by atoms with Gasteiger partial charge in [0.25, 0.3) is 0 Å². The molecule has 0 saturated carbocycles. The SMILES string of the molecule is C=C(Nc1ccc(N2CCCC2)nc1)c1n[nH]c2ccc(-c3cncc(N4CCOCC4)c3)cc12. The molecule has 0 aliphatic carbocycles. The minimum Gasteiger partial charge on any atom is -0.378 e. The van der Waals surface area contributed by atoms with Gasteiger partial charge in [-0.25, -0.2) is 4.98 Å². The lowest BCUT2D eigenvalue weighted by molar-refractivity contribution is 0.122. The van der Waals surface area contributed by atoms with Gasteiger partial charge < -0.3 is 19.9 Å². The molecule has 2 N–H and O–H groups in total. The quantitative estimate of drug-likeness (QED) is 0.431. The van der Waals surface area contributed by atoms with Crippen LogP contribution in [0.2, 0.25) is 0 Å². The van der Waals surface area contributed by atoms with Gasteiger partial charge >= 0.3 is 0 Å². The number of nitrogens with one attached hydrogen (secondary N) is 2. The molecule has 35 heavy (non-hydrogen) atoms. The van der Waals surface area contributed by atoms with Crippen LogP contribution in [-0.2, 0) is 4.74 Å². The summed E-state index contributed by atoms with van der Waals surface area (Å²) in [7, 11) is 0. The van der Waals surface area contributed by atoms with Crippen LogP contribution in [0.3, 0.4) is 0 Å². The van der Waals surface area contributed by atoms with Gasteiger partial charge in [0.05, 0.1) is 48.2 Å². The third-order valence-corrected chi connectivity index (χ3v) is 6.76. The highest BCUT2D eigenvalue weighted by Crippen LogP contribution is 2.30. The van der Waals surface area contributed by atoms with Gasteiger partial charge in [0.1, 0.15) is 11.5 Å². The molecule has 8 nitrogen and oxygen atoms in total. The molecule has 0 bridgehead atoms. The van der Waals surface area contributed by atoms with Crippen molar-refractivity contribution >= 4 is 33.8 Å². The Morgan fingerprint density at radius 2 is 1.77 bits per heavy atom. The van der Waals surface area contributed by atoms with Crippen LogP contribution in [0, 0.1) is 0 Å². The molecule has 2 saturated heterocycles. The molecule has 5 heterocycles. The number of hydrogen-bond acceptors (Lipinski definition) is 7. The van der Waals surface area contributed by atoms with E-state index in [2.05, 4.69) is 78.3 Å². The molecule has 178 valence electrons. The molecule has 2 aliphatic heterocycles. The van der Waals surface area contributed by atoms with E-state index in [0.29, 0.717) is 0 Å². The highest BCUT2D eigenvalue weighted by molar-refractivity contribution is 5.95. The summed E-state index contributed by atoms with van der Waals surface area (Å²) in [5.41, 5.74) is 6.66. The van der Waals surface area contributed by atoms with E-state index in [4.69, 9.17) is 4.74 Å². The molecule has 6 rings (SSSR count). The first-order valence-electron chi connectivity index (χ1n) is 12.2. The molecule has 3 aromatic heterocycles. The molecular weight excluding hydrogens is 438 g/mol. The number of aromatic amines is 1. The summed E-state index contributed by atoms with van der Waals surface area (Å²) in [6.45, 7) is 9.69. The molecule has 0 atom stereocenters. The maximum Gasteiger partial charge on any atom is 0.128 e. The number of H-pyrrole nitrogens is 1. The van der Waals surface area contributed by atoms with Crippen LogP contribution in [0.1, 0.15) is 18.5 Å². The first-order chi connectivity index (χ1) is 17.2. The third kappa shape index (κ3) is 4.44. The van der Waals surface area contributed by atoms with Gasteiger partial charge in [-0.3, -0.25) is 10.1 Å². The van der Waals surface area contributed by atoms with Gasteiger partial charge in [-0.05, 0) is 48.7 Å². The normalized spacial score (nSPS) is 16.1. The second-order valence-electron chi connectivity index (χ2n) is 9.07. The summed E-state index contributed by atoms with van der Waals surface area (Å²) in [6.07, 6.45) is 8.17. The Bertz CT molecular complexity index is 1340. The second-order valence-corrected chi connectivity index (χ2v) is 9.07. The lowest BCUT2D eigenvalue weighted by Gasteiger charge is -2.28. The molecule has 0 unspecified atom stereocenters. The van der Waals surface area contributed by atoms with E-state index in [1.54, 1.807) is 0 Å². The Morgan fingerprint density at radius 3 is 2.57 bits per heavy atom. The zero-order chi connectivity index (χ0) is 23.6. The van der Waals surface area contributed by atoms with Gasteiger partial charge in [0, 0.05) is 43.3 Å². The van der Waals surface area contributed by atoms with Crippen LogP contribution in [0.4, 0.5) is 17.2 Å². The number of benzene rings is 1. The topological polar surface area (TPSA) is 82.2 Å². The Morgan fingerprint density at radius 1 is 0.914 bits per heavy atom. The average molecular weight is 468 g/mol. The minimum atomic E-state index is 0.726. The van der Waals surface area contributed by atoms with Gasteiger partial charge in [-0.15, -0.1) is 0 Å². The van der Waals surface area contributed by atoms with E-state index in [-0.39, 0.29) is 0 Å². The fraction of sp³-hybridized carbons (Fsp3) is 0.296. The van der Waals surface area contributed by atoms with Gasteiger partial charge in [-0.2, -0.15) is 5.10 Å². The predicted molar refractivity (Wildman–Crippen MR) is 141 cm³/mol. The van der Waals surface area contributed by atoms with Crippen molar-refractivity contribution in [3.63, 3.8) is 0 Å². The van der Waals surface area contributed by atoms with Crippen LogP contribution in [0.25, 0.3) is 27.7 Å². The summed E-state index contributed by atoms with van der Waals surface area (Å²) in [5, 5.41) is 12.1. The van der Waals surface area contributed by atoms with E-state index < -0.39 is 0 Å². The van der Waals surface area contributed by atoms with Crippen molar-refractivity contribution in [1.29, 1.82) is 0 Å². The Balaban J connectivity index is 1.23. The average Bonchev–Trinajstić information content (AvgIpc) is 3.60. The highest BCUT2D eigenvalue weighted by atomic mass is 16.5. The summed E-state index contributed by atoms with van der Waals surface area (Å²) >= 11 is 0. The number of morpholine rings is 1. The Labute approximate surface area is 204 Å². The third-order valence-electron chi connectivity index (χ3n) is 6.76. The van der Waals surface area contributed by atoms with Gasteiger partial charge in [0.15, 0.2) is 0 Å². The molecule has 2 aliphatic rings. The van der Waals surface area contributed by atoms with Crippen LogP contribution in [0.15, 0.2) is 61.6 Å². The van der Waals surface area contributed by atoms with Gasteiger partial charge in [-0.1, -0.05) is 12.6 Å². The predicted octanol–water partition coefficient (Wildman–Crippen LogP) is 4.54. The monoisotopic (exact) mass is 467 g/mol. The molecule has 0 amide bonds.